The van der Waals surface area contributed by atoms with E-state index in [2.05, 4.69) is 15.6 Å². The van der Waals surface area contributed by atoms with Crippen LogP contribution in [0.5, 0.6) is 0 Å². The van der Waals surface area contributed by atoms with Crippen molar-refractivity contribution in [1.82, 2.24) is 15.6 Å². The molecule has 1 aliphatic heterocycles. The topological polar surface area (TPSA) is 67.2 Å². The lowest BCUT2D eigenvalue weighted by Gasteiger charge is -2.10. The van der Waals surface area contributed by atoms with E-state index in [0.29, 0.717) is 12.4 Å². The number of fused-ring (bicyclic) bond motifs is 1. The van der Waals surface area contributed by atoms with Crippen molar-refractivity contribution in [3.8, 4) is 0 Å². The number of thioether (sulfide) groups is 1. The number of carbonyl (C=O) groups is 1. The van der Waals surface area contributed by atoms with Crippen molar-refractivity contribution < 1.29 is 9.21 Å². The molecule has 2 N–H and O–H groups in total. The van der Waals surface area contributed by atoms with E-state index in [4.69, 9.17) is 4.42 Å². The van der Waals surface area contributed by atoms with E-state index in [9.17, 15) is 4.79 Å². The molecule has 6 heteroatoms. The maximum absolute atomic E-state index is 11.8. The standard InChI is InChI=1S/C14H17N3O2S/c1-9-17-11-3-2-10(6-13(11)19-9)4-5-15-14(18)12-7-20-8-16-12/h2-3,6,12,16H,4-5,7-8H2,1H3,(H,15,18). The fourth-order valence-electron chi connectivity index (χ4n) is 2.26. The van der Waals surface area contributed by atoms with Gasteiger partial charge in [-0.3, -0.25) is 10.1 Å². The smallest absolute Gasteiger partial charge is 0.238 e. The van der Waals surface area contributed by atoms with Gasteiger partial charge in [0.2, 0.25) is 5.91 Å². The van der Waals surface area contributed by atoms with E-state index in [-0.39, 0.29) is 11.9 Å². The predicted octanol–water partition coefficient (Wildman–Crippen LogP) is 1.46. The first-order valence-electron chi connectivity index (χ1n) is 6.67. The molecule has 1 amide bonds. The van der Waals surface area contributed by atoms with Gasteiger partial charge in [0, 0.05) is 25.1 Å². The maximum atomic E-state index is 11.8. The minimum atomic E-state index is -0.0422. The van der Waals surface area contributed by atoms with E-state index in [1.54, 1.807) is 11.8 Å². The Morgan fingerprint density at radius 1 is 1.60 bits per heavy atom. The number of nitrogens with one attached hydrogen (secondary N) is 2. The van der Waals surface area contributed by atoms with E-state index >= 15 is 0 Å². The molecular formula is C14H17N3O2S. The van der Waals surface area contributed by atoms with Crippen LogP contribution in [0.2, 0.25) is 0 Å². The van der Waals surface area contributed by atoms with Crippen molar-refractivity contribution in [2.75, 3.05) is 18.2 Å². The number of nitrogens with zero attached hydrogens (tertiary/aromatic N) is 1. The van der Waals surface area contributed by atoms with Crippen molar-refractivity contribution >= 4 is 28.8 Å². The Bertz CT molecular complexity index is 620. The van der Waals surface area contributed by atoms with Gasteiger partial charge in [0.1, 0.15) is 5.52 Å². The van der Waals surface area contributed by atoms with Crippen LogP contribution in [0.15, 0.2) is 22.6 Å². The second-order valence-corrected chi connectivity index (χ2v) is 5.88. The largest absolute Gasteiger partial charge is 0.441 e. The van der Waals surface area contributed by atoms with Gasteiger partial charge in [-0.05, 0) is 24.1 Å². The SMILES string of the molecule is Cc1nc2ccc(CCNC(=O)C3CSCN3)cc2o1. The Balaban J connectivity index is 1.55. The first-order valence-corrected chi connectivity index (χ1v) is 7.83. The third-order valence-electron chi connectivity index (χ3n) is 3.31. The highest BCUT2D eigenvalue weighted by Gasteiger charge is 2.21. The maximum Gasteiger partial charge on any atom is 0.238 e. The van der Waals surface area contributed by atoms with Gasteiger partial charge in [-0.15, -0.1) is 11.8 Å². The molecule has 1 aromatic heterocycles. The lowest BCUT2D eigenvalue weighted by Crippen LogP contribution is -2.42. The van der Waals surface area contributed by atoms with Crippen molar-refractivity contribution in [2.24, 2.45) is 0 Å². The number of hydrogen-bond donors (Lipinski definition) is 2. The van der Waals surface area contributed by atoms with E-state index < -0.39 is 0 Å². The third kappa shape index (κ3) is 2.96. The van der Waals surface area contributed by atoms with Crippen LogP contribution < -0.4 is 10.6 Å². The molecule has 5 nitrogen and oxygen atoms in total. The molecule has 2 aromatic rings. The third-order valence-corrected chi connectivity index (χ3v) is 4.25. The molecule has 0 saturated carbocycles. The lowest BCUT2D eigenvalue weighted by molar-refractivity contribution is -0.122. The van der Waals surface area contributed by atoms with Gasteiger partial charge in [0.25, 0.3) is 0 Å². The van der Waals surface area contributed by atoms with Gasteiger partial charge in [-0.1, -0.05) is 6.07 Å². The van der Waals surface area contributed by atoms with Crippen LogP contribution in [-0.4, -0.2) is 35.1 Å². The van der Waals surface area contributed by atoms with Gasteiger partial charge in [-0.2, -0.15) is 0 Å². The zero-order valence-electron chi connectivity index (χ0n) is 11.3. The molecule has 0 bridgehead atoms. The van der Waals surface area contributed by atoms with Crippen molar-refractivity contribution in [3.63, 3.8) is 0 Å². The predicted molar refractivity (Wildman–Crippen MR) is 79.7 cm³/mol. The Hall–Kier alpha value is -1.53. The van der Waals surface area contributed by atoms with E-state index in [1.807, 2.05) is 25.1 Å². The van der Waals surface area contributed by atoms with Crippen molar-refractivity contribution in [1.29, 1.82) is 0 Å². The number of hydrogen-bond acceptors (Lipinski definition) is 5. The van der Waals surface area contributed by atoms with Crippen LogP contribution in [0, 0.1) is 6.92 Å². The van der Waals surface area contributed by atoms with Gasteiger partial charge in [0.05, 0.1) is 6.04 Å². The fourth-order valence-corrected chi connectivity index (χ4v) is 3.20. The highest BCUT2D eigenvalue weighted by molar-refractivity contribution is 7.99. The summed E-state index contributed by atoms with van der Waals surface area (Å²) < 4.78 is 5.51. The van der Waals surface area contributed by atoms with Crippen LogP contribution >= 0.6 is 11.8 Å². The molecule has 1 aromatic carbocycles. The highest BCUT2D eigenvalue weighted by Crippen LogP contribution is 2.17. The zero-order chi connectivity index (χ0) is 13.9. The Labute approximate surface area is 121 Å². The summed E-state index contributed by atoms with van der Waals surface area (Å²) in [6.45, 7) is 2.48. The summed E-state index contributed by atoms with van der Waals surface area (Å²) in [7, 11) is 0. The first-order chi connectivity index (χ1) is 9.72. The molecule has 1 aliphatic rings. The summed E-state index contributed by atoms with van der Waals surface area (Å²) >= 11 is 1.75. The number of aryl methyl sites for hydroxylation is 1. The molecule has 0 radical (unpaired) electrons. The van der Waals surface area contributed by atoms with Crippen molar-refractivity contribution in [3.05, 3.63) is 29.7 Å². The van der Waals surface area contributed by atoms with Gasteiger partial charge in [0.15, 0.2) is 11.5 Å². The average Bonchev–Trinajstić information content (AvgIpc) is 3.05. The minimum Gasteiger partial charge on any atom is -0.441 e. The molecule has 3 rings (SSSR count). The monoisotopic (exact) mass is 291 g/mol. The number of rotatable bonds is 4. The lowest BCUT2D eigenvalue weighted by atomic mass is 10.1. The second kappa shape index (κ2) is 5.85. The van der Waals surface area contributed by atoms with Crippen molar-refractivity contribution in [2.45, 2.75) is 19.4 Å². The number of carbonyl (C=O) groups excluding carboxylic acids is 1. The number of aromatic nitrogens is 1. The number of benzene rings is 1. The Morgan fingerprint density at radius 3 is 3.30 bits per heavy atom. The zero-order valence-corrected chi connectivity index (χ0v) is 12.1. The molecule has 106 valence electrons. The van der Waals surface area contributed by atoms with Crippen LogP contribution in [0.1, 0.15) is 11.5 Å². The van der Waals surface area contributed by atoms with E-state index in [0.717, 1.165) is 34.7 Å². The van der Waals surface area contributed by atoms with Gasteiger partial charge >= 0.3 is 0 Å². The summed E-state index contributed by atoms with van der Waals surface area (Å²) in [6.07, 6.45) is 0.793. The molecule has 20 heavy (non-hydrogen) atoms. The first kappa shape index (κ1) is 13.5. The second-order valence-electron chi connectivity index (χ2n) is 4.85. The fraction of sp³-hybridized carbons (Fsp3) is 0.429. The summed E-state index contributed by atoms with van der Waals surface area (Å²) in [5.41, 5.74) is 2.82. The summed E-state index contributed by atoms with van der Waals surface area (Å²) in [6, 6.07) is 5.93. The summed E-state index contributed by atoms with van der Waals surface area (Å²) in [4.78, 5) is 16.1. The summed E-state index contributed by atoms with van der Waals surface area (Å²) in [5.74, 6) is 2.48. The minimum absolute atomic E-state index is 0.0422. The molecule has 0 aliphatic carbocycles. The molecule has 1 saturated heterocycles. The van der Waals surface area contributed by atoms with E-state index in [1.165, 1.54) is 0 Å². The molecule has 1 atom stereocenters. The Morgan fingerprint density at radius 2 is 2.50 bits per heavy atom. The molecule has 1 unspecified atom stereocenters. The quantitative estimate of drug-likeness (QED) is 0.892. The van der Waals surface area contributed by atoms with Gasteiger partial charge < -0.3 is 9.73 Å². The molecular weight excluding hydrogens is 274 g/mol. The number of amides is 1. The summed E-state index contributed by atoms with van der Waals surface area (Å²) in [5, 5.41) is 6.12. The highest BCUT2D eigenvalue weighted by atomic mass is 32.2. The van der Waals surface area contributed by atoms with Gasteiger partial charge in [-0.25, -0.2) is 4.98 Å². The van der Waals surface area contributed by atoms with Crippen LogP contribution in [0.25, 0.3) is 11.1 Å². The number of oxazole rings is 1. The van der Waals surface area contributed by atoms with Crippen LogP contribution in [0.3, 0.4) is 0 Å². The molecule has 2 heterocycles. The Kier molecular flexibility index (Phi) is 3.93. The average molecular weight is 291 g/mol. The van der Waals surface area contributed by atoms with Crippen LogP contribution in [0.4, 0.5) is 0 Å². The molecule has 0 spiro atoms. The van der Waals surface area contributed by atoms with Crippen LogP contribution in [-0.2, 0) is 11.2 Å². The molecule has 1 fully saturated rings. The normalized spacial score (nSPS) is 18.6.